The van der Waals surface area contributed by atoms with E-state index in [0.717, 1.165) is 5.56 Å². The van der Waals surface area contributed by atoms with Gasteiger partial charge >= 0.3 is 0 Å². The quantitative estimate of drug-likeness (QED) is 0.644. The molecule has 12 heavy (non-hydrogen) atoms. The predicted molar refractivity (Wildman–Crippen MR) is 46.8 cm³/mol. The molecule has 1 unspecified atom stereocenters. The molecule has 0 fully saturated rings. The highest BCUT2D eigenvalue weighted by molar-refractivity contribution is 5.26. The van der Waals surface area contributed by atoms with Gasteiger partial charge in [-0.25, -0.2) is 0 Å². The molecule has 0 bridgehead atoms. The molecule has 0 heterocycles. The fourth-order valence-electron chi connectivity index (χ4n) is 0.945. The Bertz CT molecular complexity index is 243. The lowest BCUT2D eigenvalue weighted by Gasteiger charge is -2.18. The van der Waals surface area contributed by atoms with Gasteiger partial charge in [0.05, 0.1) is 0 Å². The molecule has 3 heteroatoms. The van der Waals surface area contributed by atoms with E-state index in [1.165, 1.54) is 0 Å². The Labute approximate surface area is 71.9 Å². The van der Waals surface area contributed by atoms with E-state index in [9.17, 15) is 5.11 Å². The van der Waals surface area contributed by atoms with E-state index in [-0.39, 0.29) is 5.75 Å². The number of hydrogen-bond donors (Lipinski definition) is 2. The van der Waals surface area contributed by atoms with Gasteiger partial charge in [-0.05, 0) is 31.8 Å². The van der Waals surface area contributed by atoms with Crippen molar-refractivity contribution in [2.75, 3.05) is 14.1 Å². The zero-order valence-corrected chi connectivity index (χ0v) is 7.23. The van der Waals surface area contributed by atoms with E-state index >= 15 is 0 Å². The Morgan fingerprint density at radius 3 is 2.08 bits per heavy atom. The smallest absolute Gasteiger partial charge is 0.133 e. The number of phenols is 1. The molecular formula is C9H13NO2. The van der Waals surface area contributed by atoms with Crippen molar-refractivity contribution in [3.8, 4) is 5.75 Å². The predicted octanol–water partition coefficient (Wildman–Crippen LogP) is 0.945. The Kier molecular flexibility index (Phi) is 2.68. The molecule has 3 nitrogen and oxygen atoms in total. The minimum atomic E-state index is -0.606. The number of nitrogens with zero attached hydrogens (tertiary/aromatic N) is 1. The molecule has 0 aliphatic heterocycles. The molecule has 0 saturated carbocycles. The summed E-state index contributed by atoms with van der Waals surface area (Å²) in [4.78, 5) is 1.69. The number of phenolic OH excluding ortho intramolecular Hbond substituents is 1. The van der Waals surface area contributed by atoms with Crippen LogP contribution in [0.5, 0.6) is 5.75 Å². The molecule has 66 valence electrons. The van der Waals surface area contributed by atoms with Gasteiger partial charge in [0.1, 0.15) is 12.0 Å². The van der Waals surface area contributed by atoms with Crippen molar-refractivity contribution in [2.45, 2.75) is 6.23 Å². The third-order valence-corrected chi connectivity index (χ3v) is 1.68. The monoisotopic (exact) mass is 167 g/mol. The summed E-state index contributed by atoms with van der Waals surface area (Å²) in [6.07, 6.45) is -0.606. The van der Waals surface area contributed by atoms with Crippen molar-refractivity contribution in [2.24, 2.45) is 0 Å². The SMILES string of the molecule is CN(C)C(O)c1ccc(O)cc1. The summed E-state index contributed by atoms with van der Waals surface area (Å²) in [5.74, 6) is 0.213. The first-order chi connectivity index (χ1) is 5.61. The van der Waals surface area contributed by atoms with Crippen LogP contribution >= 0.6 is 0 Å². The van der Waals surface area contributed by atoms with Crippen LogP contribution in [0.15, 0.2) is 24.3 Å². The fraction of sp³-hybridized carbons (Fsp3) is 0.333. The van der Waals surface area contributed by atoms with Crippen molar-refractivity contribution in [3.05, 3.63) is 29.8 Å². The van der Waals surface area contributed by atoms with E-state index < -0.39 is 6.23 Å². The Morgan fingerprint density at radius 1 is 1.17 bits per heavy atom. The lowest BCUT2D eigenvalue weighted by Crippen LogP contribution is -2.18. The average Bonchev–Trinajstić information content (AvgIpc) is 2.04. The number of hydrogen-bond acceptors (Lipinski definition) is 3. The molecule has 0 saturated heterocycles. The van der Waals surface area contributed by atoms with Gasteiger partial charge in [0.2, 0.25) is 0 Å². The third kappa shape index (κ3) is 1.96. The summed E-state index contributed by atoms with van der Waals surface area (Å²) < 4.78 is 0. The Morgan fingerprint density at radius 2 is 1.67 bits per heavy atom. The fourth-order valence-corrected chi connectivity index (χ4v) is 0.945. The largest absolute Gasteiger partial charge is 0.508 e. The number of aromatic hydroxyl groups is 1. The van der Waals surface area contributed by atoms with Crippen LogP contribution in [0.4, 0.5) is 0 Å². The molecular weight excluding hydrogens is 154 g/mol. The first-order valence-electron chi connectivity index (χ1n) is 3.74. The van der Waals surface area contributed by atoms with E-state index in [0.29, 0.717) is 0 Å². The zero-order chi connectivity index (χ0) is 9.14. The van der Waals surface area contributed by atoms with E-state index in [1.54, 1.807) is 43.3 Å². The van der Waals surface area contributed by atoms with Gasteiger partial charge in [-0.2, -0.15) is 0 Å². The lowest BCUT2D eigenvalue weighted by molar-refractivity contribution is 0.0395. The second-order valence-electron chi connectivity index (χ2n) is 2.93. The summed E-state index contributed by atoms with van der Waals surface area (Å²) >= 11 is 0. The van der Waals surface area contributed by atoms with Gasteiger partial charge < -0.3 is 10.2 Å². The molecule has 1 rings (SSSR count). The first kappa shape index (κ1) is 9.03. The molecule has 0 radical (unpaired) electrons. The number of aliphatic hydroxyl groups is 1. The van der Waals surface area contributed by atoms with Crippen LogP contribution in [0.25, 0.3) is 0 Å². The van der Waals surface area contributed by atoms with Crippen molar-refractivity contribution in [3.63, 3.8) is 0 Å². The molecule has 0 amide bonds. The number of aliphatic hydroxyl groups excluding tert-OH is 1. The molecule has 1 aromatic rings. The highest BCUT2D eigenvalue weighted by Crippen LogP contribution is 2.17. The van der Waals surface area contributed by atoms with Gasteiger partial charge in [-0.15, -0.1) is 0 Å². The maximum Gasteiger partial charge on any atom is 0.133 e. The summed E-state index contributed by atoms with van der Waals surface area (Å²) in [6, 6.07) is 6.50. The zero-order valence-electron chi connectivity index (χ0n) is 7.23. The number of benzene rings is 1. The highest BCUT2D eigenvalue weighted by atomic mass is 16.3. The Hall–Kier alpha value is -1.06. The normalized spacial score (nSPS) is 13.3. The number of rotatable bonds is 2. The summed E-state index contributed by atoms with van der Waals surface area (Å²) in [5, 5.41) is 18.5. The summed E-state index contributed by atoms with van der Waals surface area (Å²) in [7, 11) is 3.58. The average molecular weight is 167 g/mol. The van der Waals surface area contributed by atoms with Gasteiger partial charge in [0.25, 0.3) is 0 Å². The van der Waals surface area contributed by atoms with Crippen LogP contribution < -0.4 is 0 Å². The molecule has 0 aromatic heterocycles. The van der Waals surface area contributed by atoms with E-state index in [4.69, 9.17) is 5.11 Å². The van der Waals surface area contributed by atoms with Gasteiger partial charge in [-0.3, -0.25) is 4.90 Å². The summed E-state index contributed by atoms with van der Waals surface area (Å²) in [5.41, 5.74) is 0.776. The van der Waals surface area contributed by atoms with Gasteiger partial charge in [-0.1, -0.05) is 12.1 Å². The second kappa shape index (κ2) is 3.56. The summed E-state index contributed by atoms with van der Waals surface area (Å²) in [6.45, 7) is 0. The Balaban J connectivity index is 2.82. The van der Waals surface area contributed by atoms with Gasteiger partial charge in [0, 0.05) is 0 Å². The molecule has 0 spiro atoms. The topological polar surface area (TPSA) is 43.7 Å². The molecule has 0 aliphatic rings. The van der Waals surface area contributed by atoms with Crippen molar-refractivity contribution >= 4 is 0 Å². The maximum absolute atomic E-state index is 9.53. The van der Waals surface area contributed by atoms with Crippen LogP contribution in [0.1, 0.15) is 11.8 Å². The first-order valence-corrected chi connectivity index (χ1v) is 3.74. The van der Waals surface area contributed by atoms with Crippen molar-refractivity contribution in [1.82, 2.24) is 4.90 Å². The molecule has 1 atom stereocenters. The maximum atomic E-state index is 9.53. The molecule has 2 N–H and O–H groups in total. The third-order valence-electron chi connectivity index (χ3n) is 1.68. The van der Waals surface area contributed by atoms with E-state index in [2.05, 4.69) is 0 Å². The van der Waals surface area contributed by atoms with E-state index in [1.807, 2.05) is 0 Å². The van der Waals surface area contributed by atoms with Crippen LogP contribution in [-0.4, -0.2) is 29.2 Å². The second-order valence-corrected chi connectivity index (χ2v) is 2.93. The van der Waals surface area contributed by atoms with Crippen LogP contribution in [0.3, 0.4) is 0 Å². The van der Waals surface area contributed by atoms with Crippen molar-refractivity contribution < 1.29 is 10.2 Å². The minimum Gasteiger partial charge on any atom is -0.508 e. The minimum absolute atomic E-state index is 0.213. The molecule has 1 aromatic carbocycles. The van der Waals surface area contributed by atoms with Crippen LogP contribution in [-0.2, 0) is 0 Å². The lowest BCUT2D eigenvalue weighted by atomic mass is 10.2. The van der Waals surface area contributed by atoms with Crippen LogP contribution in [0.2, 0.25) is 0 Å². The standard InChI is InChI=1S/C9H13NO2/c1-10(2)9(12)7-3-5-8(11)6-4-7/h3-6,9,11-12H,1-2H3. The highest BCUT2D eigenvalue weighted by Gasteiger charge is 2.08. The van der Waals surface area contributed by atoms with Crippen molar-refractivity contribution in [1.29, 1.82) is 0 Å². The van der Waals surface area contributed by atoms with Gasteiger partial charge in [0.15, 0.2) is 0 Å². The molecule has 0 aliphatic carbocycles. The van der Waals surface area contributed by atoms with Crippen LogP contribution in [0, 0.1) is 0 Å².